The smallest absolute Gasteiger partial charge is 0.263 e. The molecule has 2 N–H and O–H groups in total. The summed E-state index contributed by atoms with van der Waals surface area (Å²) in [6.07, 6.45) is 1.53. The number of carbonyl (C=O) groups excluding carboxylic acids is 1. The predicted molar refractivity (Wildman–Crippen MR) is 115 cm³/mol. The van der Waals surface area contributed by atoms with Crippen LogP contribution in [0.25, 0.3) is 10.6 Å². The second-order valence-electron chi connectivity index (χ2n) is 7.54. The van der Waals surface area contributed by atoms with E-state index in [-0.39, 0.29) is 17.3 Å². The molecule has 0 bridgehead atoms. The van der Waals surface area contributed by atoms with Gasteiger partial charge in [-0.2, -0.15) is 0 Å². The lowest BCUT2D eigenvalue weighted by atomic mass is 10.1. The van der Waals surface area contributed by atoms with Gasteiger partial charge in [-0.05, 0) is 32.4 Å². The zero-order valence-electron chi connectivity index (χ0n) is 16.5. The molecule has 8 heteroatoms. The zero-order chi connectivity index (χ0) is 21.1. The minimum Gasteiger partial charge on any atom is -0.347 e. The number of amides is 1. The standard InChI is InChI=1S/C21H23N3O3S2/c1-21(2,3)24-29(26,27)18-12-8-7-11-16(18)13-22-19(25)17-14-23-20(28-17)15-9-5-4-6-10-15/h4-12,14,24H,13H2,1-3H3,(H,22,25). The Bertz CT molecular complexity index is 1100. The zero-order valence-corrected chi connectivity index (χ0v) is 18.1. The van der Waals surface area contributed by atoms with Gasteiger partial charge in [0.2, 0.25) is 10.0 Å². The van der Waals surface area contributed by atoms with Gasteiger partial charge < -0.3 is 5.32 Å². The maximum atomic E-state index is 12.7. The molecular weight excluding hydrogens is 406 g/mol. The van der Waals surface area contributed by atoms with Crippen LogP contribution >= 0.6 is 11.3 Å². The highest BCUT2D eigenvalue weighted by atomic mass is 32.2. The van der Waals surface area contributed by atoms with E-state index in [2.05, 4.69) is 15.0 Å². The van der Waals surface area contributed by atoms with Crippen molar-refractivity contribution in [3.63, 3.8) is 0 Å². The second-order valence-corrected chi connectivity index (χ2v) is 10.2. The average molecular weight is 430 g/mol. The summed E-state index contributed by atoms with van der Waals surface area (Å²) in [4.78, 5) is 17.5. The largest absolute Gasteiger partial charge is 0.347 e. The van der Waals surface area contributed by atoms with Crippen LogP contribution < -0.4 is 10.0 Å². The monoisotopic (exact) mass is 429 g/mol. The molecular formula is C21H23N3O3S2. The number of nitrogens with one attached hydrogen (secondary N) is 2. The van der Waals surface area contributed by atoms with Crippen LogP contribution in [0.15, 0.2) is 65.7 Å². The van der Waals surface area contributed by atoms with Crippen molar-refractivity contribution >= 4 is 27.3 Å². The van der Waals surface area contributed by atoms with Crippen LogP contribution in [0.4, 0.5) is 0 Å². The molecule has 152 valence electrons. The topological polar surface area (TPSA) is 88.2 Å². The molecule has 0 unspecified atom stereocenters. The highest BCUT2D eigenvalue weighted by Gasteiger charge is 2.24. The molecule has 0 saturated heterocycles. The molecule has 0 aliphatic rings. The summed E-state index contributed by atoms with van der Waals surface area (Å²) in [5, 5.41) is 3.55. The van der Waals surface area contributed by atoms with Gasteiger partial charge >= 0.3 is 0 Å². The van der Waals surface area contributed by atoms with E-state index in [1.807, 2.05) is 30.3 Å². The molecule has 29 heavy (non-hydrogen) atoms. The molecule has 6 nitrogen and oxygen atoms in total. The van der Waals surface area contributed by atoms with E-state index in [4.69, 9.17) is 0 Å². The van der Waals surface area contributed by atoms with Gasteiger partial charge in [-0.15, -0.1) is 11.3 Å². The van der Waals surface area contributed by atoms with E-state index >= 15 is 0 Å². The number of aromatic nitrogens is 1. The molecule has 0 aliphatic carbocycles. The Balaban J connectivity index is 1.74. The van der Waals surface area contributed by atoms with E-state index < -0.39 is 15.6 Å². The fourth-order valence-electron chi connectivity index (χ4n) is 2.73. The third-order valence-electron chi connectivity index (χ3n) is 3.89. The molecule has 0 saturated carbocycles. The van der Waals surface area contributed by atoms with Crippen molar-refractivity contribution < 1.29 is 13.2 Å². The number of benzene rings is 2. The van der Waals surface area contributed by atoms with Gasteiger partial charge in [-0.25, -0.2) is 18.1 Å². The molecule has 2 aromatic carbocycles. The van der Waals surface area contributed by atoms with Crippen LogP contribution in [0, 0.1) is 0 Å². The van der Waals surface area contributed by atoms with E-state index in [0.717, 1.165) is 10.6 Å². The maximum Gasteiger partial charge on any atom is 0.263 e. The lowest BCUT2D eigenvalue weighted by Gasteiger charge is -2.21. The van der Waals surface area contributed by atoms with Gasteiger partial charge in [-0.3, -0.25) is 4.79 Å². The van der Waals surface area contributed by atoms with Crippen LogP contribution in [-0.2, 0) is 16.6 Å². The van der Waals surface area contributed by atoms with Gasteiger partial charge in [-0.1, -0.05) is 48.5 Å². The van der Waals surface area contributed by atoms with Crippen LogP contribution in [0.3, 0.4) is 0 Å². The highest BCUT2D eigenvalue weighted by Crippen LogP contribution is 2.25. The summed E-state index contributed by atoms with van der Waals surface area (Å²) in [5.74, 6) is -0.291. The summed E-state index contributed by atoms with van der Waals surface area (Å²) in [6, 6.07) is 16.3. The third-order valence-corrected chi connectivity index (χ3v) is 6.80. The molecule has 1 aromatic heterocycles. The Labute approximate surface area is 175 Å². The third kappa shape index (κ3) is 5.50. The number of thiazole rings is 1. The highest BCUT2D eigenvalue weighted by molar-refractivity contribution is 7.89. The Morgan fingerprint density at radius 2 is 1.69 bits per heavy atom. The van der Waals surface area contributed by atoms with Gasteiger partial charge in [0, 0.05) is 17.6 Å². The number of carbonyl (C=O) groups is 1. The first-order chi connectivity index (χ1) is 13.7. The fraction of sp³-hybridized carbons (Fsp3) is 0.238. The first-order valence-corrected chi connectivity index (χ1v) is 11.4. The maximum absolute atomic E-state index is 12.7. The van der Waals surface area contributed by atoms with Gasteiger partial charge in [0.15, 0.2) is 0 Å². The van der Waals surface area contributed by atoms with Crippen molar-refractivity contribution in [3.05, 3.63) is 71.2 Å². The Morgan fingerprint density at radius 1 is 1.03 bits per heavy atom. The summed E-state index contributed by atoms with van der Waals surface area (Å²) < 4.78 is 28.1. The Hall–Kier alpha value is -2.55. The fourth-order valence-corrected chi connectivity index (χ4v) is 5.22. The van der Waals surface area contributed by atoms with Gasteiger partial charge in [0.1, 0.15) is 9.88 Å². The number of rotatable bonds is 6. The lowest BCUT2D eigenvalue weighted by molar-refractivity contribution is 0.0954. The molecule has 3 rings (SSSR count). The van der Waals surface area contributed by atoms with Gasteiger partial charge in [0.05, 0.1) is 11.1 Å². The Morgan fingerprint density at radius 3 is 2.38 bits per heavy atom. The summed E-state index contributed by atoms with van der Waals surface area (Å²) in [6.45, 7) is 5.44. The van der Waals surface area contributed by atoms with E-state index in [1.165, 1.54) is 23.6 Å². The number of sulfonamides is 1. The SMILES string of the molecule is CC(C)(C)NS(=O)(=O)c1ccccc1CNC(=O)c1cnc(-c2ccccc2)s1. The second kappa shape index (κ2) is 8.44. The molecule has 0 radical (unpaired) electrons. The average Bonchev–Trinajstić information content (AvgIpc) is 3.15. The number of hydrogen-bond acceptors (Lipinski definition) is 5. The Kier molecular flexibility index (Phi) is 6.16. The summed E-state index contributed by atoms with van der Waals surface area (Å²) in [7, 11) is -3.70. The molecule has 1 amide bonds. The van der Waals surface area contributed by atoms with E-state index in [1.54, 1.807) is 39.0 Å². The molecule has 0 spiro atoms. The van der Waals surface area contributed by atoms with Crippen molar-refractivity contribution in [2.45, 2.75) is 37.8 Å². The van der Waals surface area contributed by atoms with Crippen molar-refractivity contribution in [2.24, 2.45) is 0 Å². The van der Waals surface area contributed by atoms with E-state index in [0.29, 0.717) is 10.4 Å². The van der Waals surface area contributed by atoms with E-state index in [9.17, 15) is 13.2 Å². The molecule has 3 aromatic rings. The minimum atomic E-state index is -3.70. The van der Waals surface area contributed by atoms with Crippen molar-refractivity contribution in [1.82, 2.24) is 15.0 Å². The number of nitrogens with zero attached hydrogens (tertiary/aromatic N) is 1. The van der Waals surface area contributed by atoms with Crippen LogP contribution in [0.2, 0.25) is 0 Å². The van der Waals surface area contributed by atoms with Crippen molar-refractivity contribution in [2.75, 3.05) is 0 Å². The van der Waals surface area contributed by atoms with Crippen molar-refractivity contribution in [3.8, 4) is 10.6 Å². The van der Waals surface area contributed by atoms with Gasteiger partial charge in [0.25, 0.3) is 5.91 Å². The summed E-state index contributed by atoms with van der Waals surface area (Å²) in [5.41, 5.74) is 0.859. The first kappa shape index (κ1) is 21.2. The minimum absolute atomic E-state index is 0.0959. The van der Waals surface area contributed by atoms with Crippen LogP contribution in [0.1, 0.15) is 36.0 Å². The van der Waals surface area contributed by atoms with Crippen LogP contribution in [-0.4, -0.2) is 24.8 Å². The quantitative estimate of drug-likeness (QED) is 0.624. The summed E-state index contributed by atoms with van der Waals surface area (Å²) >= 11 is 1.29. The molecule has 0 fully saturated rings. The van der Waals surface area contributed by atoms with Crippen LogP contribution in [0.5, 0.6) is 0 Å². The molecule has 1 heterocycles. The first-order valence-electron chi connectivity index (χ1n) is 9.07. The molecule has 0 atom stereocenters. The lowest BCUT2D eigenvalue weighted by Crippen LogP contribution is -2.41. The molecule has 0 aliphatic heterocycles. The van der Waals surface area contributed by atoms with Crippen molar-refractivity contribution in [1.29, 1.82) is 0 Å². The predicted octanol–water partition coefficient (Wildman–Crippen LogP) is 3.82. The normalized spacial score (nSPS) is 12.0. The number of hydrogen-bond donors (Lipinski definition) is 2.